The molecule has 0 spiro atoms. The van der Waals surface area contributed by atoms with E-state index >= 15 is 0 Å². The van der Waals surface area contributed by atoms with Gasteiger partial charge in [0.1, 0.15) is 6.29 Å². The number of carbonyl (C=O) groups excluding carboxylic acids is 1. The zero-order valence-corrected chi connectivity index (χ0v) is 6.29. The van der Waals surface area contributed by atoms with E-state index in [4.69, 9.17) is 0 Å². The van der Waals surface area contributed by atoms with Crippen LogP contribution in [0.15, 0.2) is 0 Å². The van der Waals surface area contributed by atoms with Crippen molar-refractivity contribution >= 4 is 17.2 Å². The Balaban J connectivity index is 2.67. The average molecular weight is 163 g/mol. The summed E-state index contributed by atoms with van der Waals surface area (Å²) >= 11 is 0. The Kier molecular flexibility index (Phi) is 2.39. The molecule has 0 amide bonds. The summed E-state index contributed by atoms with van der Waals surface area (Å²) in [4.78, 5) is 10.2. The Bertz CT molecular complexity index is 193. The maximum atomic E-state index is 10.4. The lowest BCUT2D eigenvalue weighted by Gasteiger charge is -2.09. The minimum absolute atomic E-state index is 0.388. The summed E-state index contributed by atoms with van der Waals surface area (Å²) in [5.74, 6) is 0. The molecule has 1 aliphatic heterocycles. The third-order valence-corrected chi connectivity index (χ3v) is 2.55. The highest BCUT2D eigenvalue weighted by Crippen LogP contribution is 2.14. The van der Waals surface area contributed by atoms with Crippen molar-refractivity contribution in [2.24, 2.45) is 0 Å². The van der Waals surface area contributed by atoms with Gasteiger partial charge in [0.25, 0.3) is 0 Å². The SMILES string of the molecule is O=CC1CCCN1[SH](=O)=O. The van der Waals surface area contributed by atoms with Gasteiger partial charge in [0, 0.05) is 6.54 Å². The minimum Gasteiger partial charge on any atom is -0.302 e. The second-order valence-corrected chi connectivity index (χ2v) is 3.24. The Morgan fingerprint density at radius 2 is 2.20 bits per heavy atom. The maximum absolute atomic E-state index is 10.4. The number of aldehydes is 1. The molecule has 1 heterocycles. The summed E-state index contributed by atoms with van der Waals surface area (Å²) < 4.78 is 22.0. The van der Waals surface area contributed by atoms with Crippen molar-refractivity contribution in [3.8, 4) is 0 Å². The normalized spacial score (nSPS) is 27.5. The van der Waals surface area contributed by atoms with Crippen molar-refractivity contribution in [1.82, 2.24) is 4.31 Å². The lowest BCUT2D eigenvalue weighted by Crippen LogP contribution is -2.28. The molecule has 0 aliphatic carbocycles. The van der Waals surface area contributed by atoms with Crippen LogP contribution < -0.4 is 0 Å². The minimum atomic E-state index is -2.54. The molecule has 0 aromatic carbocycles. The molecule has 1 saturated heterocycles. The van der Waals surface area contributed by atoms with Crippen molar-refractivity contribution in [3.63, 3.8) is 0 Å². The van der Waals surface area contributed by atoms with Gasteiger partial charge in [-0.05, 0) is 12.8 Å². The monoisotopic (exact) mass is 163 g/mol. The first-order valence-electron chi connectivity index (χ1n) is 3.12. The second kappa shape index (κ2) is 3.12. The molecule has 10 heavy (non-hydrogen) atoms. The standard InChI is InChI=1S/C5H9NO3S/c7-4-5-2-1-3-6(5)10(8)9/h4-5,10H,1-3H2. The van der Waals surface area contributed by atoms with Gasteiger partial charge < -0.3 is 4.79 Å². The fraction of sp³-hybridized carbons (Fsp3) is 0.800. The topological polar surface area (TPSA) is 54.5 Å². The fourth-order valence-electron chi connectivity index (χ4n) is 1.12. The van der Waals surface area contributed by atoms with Crippen LogP contribution in [-0.2, 0) is 15.7 Å². The third-order valence-electron chi connectivity index (χ3n) is 1.64. The van der Waals surface area contributed by atoms with E-state index in [0.717, 1.165) is 6.42 Å². The van der Waals surface area contributed by atoms with Crippen LogP contribution in [0.1, 0.15) is 12.8 Å². The summed E-state index contributed by atoms with van der Waals surface area (Å²) in [6.45, 7) is 0.502. The van der Waals surface area contributed by atoms with Crippen LogP contribution in [0.5, 0.6) is 0 Å². The second-order valence-electron chi connectivity index (χ2n) is 2.25. The first-order chi connectivity index (χ1) is 4.75. The van der Waals surface area contributed by atoms with Crippen molar-refractivity contribution in [1.29, 1.82) is 0 Å². The molecule has 0 aromatic heterocycles. The molecule has 1 unspecified atom stereocenters. The van der Waals surface area contributed by atoms with E-state index in [0.29, 0.717) is 19.3 Å². The molecule has 1 fully saturated rings. The average Bonchev–Trinajstić information content (AvgIpc) is 2.33. The van der Waals surface area contributed by atoms with Crippen LogP contribution in [-0.4, -0.2) is 31.6 Å². The molecule has 1 aliphatic rings. The maximum Gasteiger partial charge on any atom is 0.204 e. The molecule has 0 bridgehead atoms. The highest BCUT2D eigenvalue weighted by molar-refractivity contribution is 7.69. The summed E-state index contributed by atoms with van der Waals surface area (Å²) in [6, 6.07) is -0.388. The summed E-state index contributed by atoms with van der Waals surface area (Å²) in [7, 11) is -2.54. The number of rotatable bonds is 2. The van der Waals surface area contributed by atoms with E-state index < -0.39 is 10.9 Å². The van der Waals surface area contributed by atoms with E-state index in [1.54, 1.807) is 0 Å². The molecule has 0 saturated carbocycles. The lowest BCUT2D eigenvalue weighted by molar-refractivity contribution is -0.110. The fourth-order valence-corrected chi connectivity index (χ4v) is 1.84. The molecule has 4 nitrogen and oxygen atoms in total. The first-order valence-corrected chi connectivity index (χ1v) is 4.25. The van der Waals surface area contributed by atoms with Crippen LogP contribution in [0, 0.1) is 0 Å². The van der Waals surface area contributed by atoms with Gasteiger partial charge >= 0.3 is 0 Å². The van der Waals surface area contributed by atoms with E-state index in [-0.39, 0.29) is 6.04 Å². The highest BCUT2D eigenvalue weighted by atomic mass is 32.2. The molecule has 0 aromatic rings. The van der Waals surface area contributed by atoms with Gasteiger partial charge in [-0.25, -0.2) is 8.42 Å². The van der Waals surface area contributed by atoms with E-state index in [2.05, 4.69) is 0 Å². The predicted octanol–water partition coefficient (Wildman–Crippen LogP) is -0.824. The molecular weight excluding hydrogens is 154 g/mol. The Labute approximate surface area is 60.9 Å². The Morgan fingerprint density at radius 1 is 1.50 bits per heavy atom. The Morgan fingerprint density at radius 3 is 2.60 bits per heavy atom. The van der Waals surface area contributed by atoms with Crippen LogP contribution in [0.4, 0.5) is 0 Å². The van der Waals surface area contributed by atoms with Gasteiger partial charge in [-0.1, -0.05) is 0 Å². The molecule has 1 rings (SSSR count). The van der Waals surface area contributed by atoms with Crippen molar-refractivity contribution in [3.05, 3.63) is 0 Å². The summed E-state index contributed by atoms with van der Waals surface area (Å²) in [5.41, 5.74) is 0. The third kappa shape index (κ3) is 1.35. The number of nitrogens with zero attached hydrogens (tertiary/aromatic N) is 1. The summed E-state index contributed by atoms with van der Waals surface area (Å²) in [6.07, 6.45) is 2.16. The zero-order chi connectivity index (χ0) is 7.56. The highest BCUT2D eigenvalue weighted by Gasteiger charge is 2.25. The van der Waals surface area contributed by atoms with E-state index in [9.17, 15) is 13.2 Å². The molecule has 0 radical (unpaired) electrons. The quantitative estimate of drug-likeness (QED) is 0.427. The van der Waals surface area contributed by atoms with Crippen LogP contribution in [0.3, 0.4) is 0 Å². The van der Waals surface area contributed by atoms with Crippen molar-refractivity contribution in [2.45, 2.75) is 18.9 Å². The zero-order valence-electron chi connectivity index (χ0n) is 5.40. The molecule has 58 valence electrons. The van der Waals surface area contributed by atoms with E-state index in [1.807, 2.05) is 0 Å². The van der Waals surface area contributed by atoms with Crippen molar-refractivity contribution in [2.75, 3.05) is 6.54 Å². The van der Waals surface area contributed by atoms with Crippen LogP contribution in [0.25, 0.3) is 0 Å². The number of hydrogen-bond donors (Lipinski definition) is 1. The Hall–Kier alpha value is -0.420. The van der Waals surface area contributed by atoms with Gasteiger partial charge in [-0.15, -0.1) is 0 Å². The van der Waals surface area contributed by atoms with Gasteiger partial charge in [0.05, 0.1) is 6.04 Å². The molecular formula is C5H9NO3S. The van der Waals surface area contributed by atoms with Crippen LogP contribution >= 0.6 is 0 Å². The predicted molar refractivity (Wildman–Crippen MR) is 36.1 cm³/mol. The number of hydrogen-bond acceptors (Lipinski definition) is 3. The lowest BCUT2D eigenvalue weighted by atomic mass is 10.2. The number of carbonyl (C=O) groups is 1. The molecule has 5 heteroatoms. The van der Waals surface area contributed by atoms with Crippen molar-refractivity contribution < 1.29 is 13.2 Å². The first kappa shape index (κ1) is 7.68. The molecule has 1 atom stereocenters. The van der Waals surface area contributed by atoms with Gasteiger partial charge in [0.2, 0.25) is 10.9 Å². The van der Waals surface area contributed by atoms with Gasteiger partial charge in [-0.2, -0.15) is 4.31 Å². The smallest absolute Gasteiger partial charge is 0.204 e. The largest absolute Gasteiger partial charge is 0.302 e. The van der Waals surface area contributed by atoms with Gasteiger partial charge in [0.15, 0.2) is 0 Å². The van der Waals surface area contributed by atoms with Gasteiger partial charge in [-0.3, -0.25) is 0 Å². The van der Waals surface area contributed by atoms with Crippen LogP contribution in [0.2, 0.25) is 0 Å². The molecule has 0 N–H and O–H groups in total. The number of thiol groups is 1. The summed E-state index contributed by atoms with van der Waals surface area (Å²) in [5, 5.41) is 0. The van der Waals surface area contributed by atoms with E-state index in [1.165, 1.54) is 4.31 Å².